The van der Waals surface area contributed by atoms with Gasteiger partial charge in [-0.3, -0.25) is 0 Å². The van der Waals surface area contributed by atoms with E-state index < -0.39 is 0 Å². The van der Waals surface area contributed by atoms with Crippen LogP contribution in [0.5, 0.6) is 5.75 Å². The van der Waals surface area contributed by atoms with Crippen molar-refractivity contribution in [2.45, 2.75) is 78.6 Å². The third kappa shape index (κ3) is 3.32. The molecule has 19 heavy (non-hydrogen) atoms. The van der Waals surface area contributed by atoms with E-state index >= 15 is 0 Å². The van der Waals surface area contributed by atoms with Crippen LogP contribution in [0, 0.1) is 0 Å². The first-order valence-corrected chi connectivity index (χ1v) is 7.83. The average Bonchev–Trinajstić information content (AvgIpc) is 2.44. The molecule has 108 valence electrons. The predicted octanol–water partition coefficient (Wildman–Crippen LogP) is 5.93. The molecule has 0 aliphatic heterocycles. The van der Waals surface area contributed by atoms with E-state index in [1.807, 2.05) is 6.07 Å². The molecule has 0 spiro atoms. The highest BCUT2D eigenvalue weighted by Crippen LogP contribution is 2.41. The molecule has 0 saturated carbocycles. The summed E-state index contributed by atoms with van der Waals surface area (Å²) in [4.78, 5) is 0. The number of phenolic OH excluding ortho intramolecular Hbond substituents is 1. The maximum Gasteiger partial charge on any atom is 0.119 e. The zero-order valence-electron chi connectivity index (χ0n) is 13.5. The van der Waals surface area contributed by atoms with Crippen molar-refractivity contribution in [1.82, 2.24) is 0 Å². The van der Waals surface area contributed by atoms with Crippen molar-refractivity contribution in [3.05, 3.63) is 28.8 Å². The predicted molar refractivity (Wildman–Crippen MR) is 84.2 cm³/mol. The lowest BCUT2D eigenvalue weighted by molar-refractivity contribution is 0.457. The van der Waals surface area contributed by atoms with Crippen LogP contribution in [0.15, 0.2) is 12.1 Å². The number of aromatic hydroxyl groups is 1. The molecule has 0 aromatic heterocycles. The quantitative estimate of drug-likeness (QED) is 0.673. The summed E-state index contributed by atoms with van der Waals surface area (Å²) in [6, 6.07) is 4.03. The zero-order valence-corrected chi connectivity index (χ0v) is 13.5. The molecule has 1 heteroatoms. The van der Waals surface area contributed by atoms with Gasteiger partial charge in [0.15, 0.2) is 0 Å². The van der Waals surface area contributed by atoms with Crippen LogP contribution in [0.2, 0.25) is 0 Å². The van der Waals surface area contributed by atoms with Gasteiger partial charge in [0.05, 0.1) is 0 Å². The van der Waals surface area contributed by atoms with Gasteiger partial charge in [0.2, 0.25) is 0 Å². The smallest absolute Gasteiger partial charge is 0.119 e. The van der Waals surface area contributed by atoms with E-state index in [-0.39, 0.29) is 0 Å². The highest BCUT2D eigenvalue weighted by Gasteiger charge is 2.22. The van der Waals surface area contributed by atoms with Gasteiger partial charge in [-0.15, -0.1) is 0 Å². The molecule has 1 N–H and O–H groups in total. The van der Waals surface area contributed by atoms with E-state index in [1.165, 1.54) is 16.7 Å². The van der Waals surface area contributed by atoms with Gasteiger partial charge in [0, 0.05) is 5.56 Å². The van der Waals surface area contributed by atoms with Crippen molar-refractivity contribution < 1.29 is 5.11 Å². The summed E-state index contributed by atoms with van der Waals surface area (Å²) in [6.45, 7) is 13.5. The highest BCUT2D eigenvalue weighted by molar-refractivity contribution is 5.49. The van der Waals surface area contributed by atoms with Gasteiger partial charge < -0.3 is 5.11 Å². The summed E-state index contributed by atoms with van der Waals surface area (Å²) in [5.74, 6) is 1.98. The van der Waals surface area contributed by atoms with Crippen molar-refractivity contribution in [2.24, 2.45) is 0 Å². The summed E-state index contributed by atoms with van der Waals surface area (Å²) in [5.41, 5.74) is 4.03. The van der Waals surface area contributed by atoms with Crippen LogP contribution >= 0.6 is 0 Å². The van der Waals surface area contributed by atoms with Gasteiger partial charge in [-0.05, 0) is 54.2 Å². The minimum absolute atomic E-state index is 0.424. The first kappa shape index (κ1) is 16.1. The fourth-order valence-electron chi connectivity index (χ4n) is 2.77. The standard InChI is InChI=1S/C18H30O/c1-7-12(4)15-10-11-16(19)18(14(6)9-3)17(15)13(5)8-2/h10-14,19H,7-9H2,1-6H3/t12-,13+,14+/m0/s1. The van der Waals surface area contributed by atoms with Gasteiger partial charge in [0.25, 0.3) is 0 Å². The minimum Gasteiger partial charge on any atom is -0.508 e. The van der Waals surface area contributed by atoms with Gasteiger partial charge in [-0.2, -0.15) is 0 Å². The Morgan fingerprint density at radius 1 is 0.789 bits per heavy atom. The molecule has 1 aromatic carbocycles. The van der Waals surface area contributed by atoms with E-state index in [2.05, 4.69) is 47.6 Å². The van der Waals surface area contributed by atoms with E-state index in [1.54, 1.807) is 0 Å². The molecular formula is C18H30O. The Kier molecular flexibility index (Phi) is 5.90. The fourth-order valence-corrected chi connectivity index (χ4v) is 2.77. The fraction of sp³-hybridized carbons (Fsp3) is 0.667. The lowest BCUT2D eigenvalue weighted by Crippen LogP contribution is -2.09. The topological polar surface area (TPSA) is 20.2 Å². The molecule has 0 amide bonds. The van der Waals surface area contributed by atoms with Crippen molar-refractivity contribution in [1.29, 1.82) is 0 Å². The second-order valence-electron chi connectivity index (χ2n) is 5.93. The summed E-state index contributed by atoms with van der Waals surface area (Å²) < 4.78 is 0. The van der Waals surface area contributed by atoms with Crippen LogP contribution in [-0.4, -0.2) is 5.11 Å². The summed E-state index contributed by atoms with van der Waals surface area (Å²) in [7, 11) is 0. The molecule has 0 radical (unpaired) electrons. The van der Waals surface area contributed by atoms with Crippen LogP contribution < -0.4 is 0 Å². The van der Waals surface area contributed by atoms with Crippen molar-refractivity contribution >= 4 is 0 Å². The third-order valence-corrected chi connectivity index (χ3v) is 4.65. The van der Waals surface area contributed by atoms with Crippen molar-refractivity contribution in [2.75, 3.05) is 0 Å². The molecule has 3 atom stereocenters. The Labute approximate surface area is 119 Å². The first-order chi connectivity index (χ1) is 8.97. The first-order valence-electron chi connectivity index (χ1n) is 7.83. The Balaban J connectivity index is 3.49. The van der Waals surface area contributed by atoms with Gasteiger partial charge in [0.1, 0.15) is 5.75 Å². The highest BCUT2D eigenvalue weighted by atomic mass is 16.3. The van der Waals surface area contributed by atoms with E-state index in [4.69, 9.17) is 0 Å². The van der Waals surface area contributed by atoms with Gasteiger partial charge >= 0.3 is 0 Å². The largest absolute Gasteiger partial charge is 0.508 e. The number of hydrogen-bond donors (Lipinski definition) is 1. The van der Waals surface area contributed by atoms with Crippen molar-refractivity contribution in [3.63, 3.8) is 0 Å². The summed E-state index contributed by atoms with van der Waals surface area (Å²) in [5, 5.41) is 10.3. The molecule has 0 saturated heterocycles. The minimum atomic E-state index is 0.424. The number of benzene rings is 1. The average molecular weight is 262 g/mol. The molecular weight excluding hydrogens is 232 g/mol. The van der Waals surface area contributed by atoms with Crippen LogP contribution in [0.3, 0.4) is 0 Å². The molecule has 0 heterocycles. The third-order valence-electron chi connectivity index (χ3n) is 4.65. The molecule has 0 fully saturated rings. The normalized spacial score (nSPS) is 16.1. The van der Waals surface area contributed by atoms with E-state index in [9.17, 15) is 5.11 Å². The summed E-state index contributed by atoms with van der Waals surface area (Å²) >= 11 is 0. The molecule has 0 aliphatic rings. The van der Waals surface area contributed by atoms with E-state index in [0.717, 1.165) is 19.3 Å². The Morgan fingerprint density at radius 2 is 1.26 bits per heavy atom. The van der Waals surface area contributed by atoms with Crippen LogP contribution in [0.1, 0.15) is 95.2 Å². The molecule has 0 bridgehead atoms. The molecule has 1 rings (SSSR count). The summed E-state index contributed by atoms with van der Waals surface area (Å²) in [6.07, 6.45) is 3.34. The lowest BCUT2D eigenvalue weighted by atomic mass is 9.79. The van der Waals surface area contributed by atoms with Gasteiger partial charge in [-0.25, -0.2) is 0 Å². The molecule has 1 aromatic rings. The monoisotopic (exact) mass is 262 g/mol. The Bertz CT molecular complexity index is 408. The molecule has 0 unspecified atom stereocenters. The van der Waals surface area contributed by atoms with Crippen LogP contribution in [0.25, 0.3) is 0 Å². The van der Waals surface area contributed by atoms with Crippen LogP contribution in [0.4, 0.5) is 0 Å². The molecule has 1 nitrogen and oxygen atoms in total. The number of hydrogen-bond acceptors (Lipinski definition) is 1. The molecule has 0 aliphatic carbocycles. The maximum absolute atomic E-state index is 10.3. The second kappa shape index (κ2) is 6.98. The second-order valence-corrected chi connectivity index (χ2v) is 5.93. The SMILES string of the molecule is CC[C@@H](C)c1c(O)ccc([C@@H](C)CC)c1[C@H](C)CC. The van der Waals surface area contributed by atoms with Gasteiger partial charge in [-0.1, -0.05) is 47.6 Å². The van der Waals surface area contributed by atoms with Crippen LogP contribution in [-0.2, 0) is 0 Å². The van der Waals surface area contributed by atoms with E-state index in [0.29, 0.717) is 23.5 Å². The number of phenols is 1. The Hall–Kier alpha value is -0.980. The maximum atomic E-state index is 10.3. The zero-order chi connectivity index (χ0) is 14.6. The van der Waals surface area contributed by atoms with Crippen molar-refractivity contribution in [3.8, 4) is 5.75 Å². The number of rotatable bonds is 6. The lowest BCUT2D eigenvalue weighted by Gasteiger charge is -2.26. The Morgan fingerprint density at radius 3 is 1.74 bits per heavy atom.